The van der Waals surface area contributed by atoms with Crippen molar-refractivity contribution in [3.05, 3.63) is 35.8 Å². The molecule has 4 N–H and O–H groups in total. The minimum absolute atomic E-state index is 0.0681. The summed E-state index contributed by atoms with van der Waals surface area (Å²) < 4.78 is 13.5. The summed E-state index contributed by atoms with van der Waals surface area (Å²) in [5.41, 5.74) is 1.74. The lowest BCUT2D eigenvalue weighted by Gasteiger charge is -2.32. The summed E-state index contributed by atoms with van der Waals surface area (Å²) in [5, 5.41) is 16.7. The molecule has 0 aliphatic carbocycles. The molecule has 1 fully saturated rings. The third kappa shape index (κ3) is 4.49. The van der Waals surface area contributed by atoms with E-state index in [0.29, 0.717) is 13.0 Å². The Bertz CT molecular complexity index is 913. The number of carbonyl (C=O) groups is 2. The first-order valence-electron chi connectivity index (χ1n) is 10.4. The van der Waals surface area contributed by atoms with Gasteiger partial charge in [-0.3, -0.25) is 9.59 Å². The Hall–Kier alpha value is -2.45. The van der Waals surface area contributed by atoms with Crippen molar-refractivity contribution in [1.29, 1.82) is 0 Å². The third-order valence-electron chi connectivity index (χ3n) is 6.20. The van der Waals surface area contributed by atoms with E-state index in [1.54, 1.807) is 24.9 Å². The molecule has 30 heavy (non-hydrogen) atoms. The van der Waals surface area contributed by atoms with Gasteiger partial charge >= 0.3 is 0 Å². The number of aromatic nitrogens is 1. The highest BCUT2D eigenvalue weighted by atomic mass is 19.1. The molecule has 1 aromatic heterocycles. The zero-order valence-corrected chi connectivity index (χ0v) is 17.9. The van der Waals surface area contributed by atoms with Crippen LogP contribution in [0, 0.1) is 11.7 Å². The number of rotatable bonds is 7. The number of likely N-dealkylation sites (N-methyl/N-ethyl adjacent to an activating group) is 1. The second kappa shape index (κ2) is 9.14. The van der Waals surface area contributed by atoms with Gasteiger partial charge in [-0.15, -0.1) is 0 Å². The largest absolute Gasteiger partial charge is 0.391 e. The average molecular weight is 419 g/mol. The third-order valence-corrected chi connectivity index (χ3v) is 6.20. The maximum absolute atomic E-state index is 13.5. The maximum Gasteiger partial charge on any atom is 0.248 e. The topological polar surface area (TPSA) is 97.5 Å². The summed E-state index contributed by atoms with van der Waals surface area (Å²) in [6.45, 7) is 5.88. The highest BCUT2D eigenvalue weighted by molar-refractivity contribution is 5.90. The standard InChI is InChI=1S/C22H31FN4O3/c1-12-7-8-27(22(30)20(14(3)28)26-21(29)13(2)24-4)19(12)9-15-11-25-18-10-16(23)5-6-17(15)18/h5-6,10-14,19-20,24-25,28H,7-9H2,1-4H3,(H,26,29)/t12?,13-,14?,19-,20-/m0/s1. The normalized spacial score (nSPS) is 22.1. The van der Waals surface area contributed by atoms with Gasteiger partial charge < -0.3 is 25.6 Å². The van der Waals surface area contributed by atoms with E-state index >= 15 is 0 Å². The number of aliphatic hydroxyl groups excluding tert-OH is 1. The predicted molar refractivity (Wildman–Crippen MR) is 113 cm³/mol. The van der Waals surface area contributed by atoms with E-state index in [9.17, 15) is 19.1 Å². The van der Waals surface area contributed by atoms with Crippen LogP contribution in [0.2, 0.25) is 0 Å². The number of fused-ring (bicyclic) bond motifs is 1. The summed E-state index contributed by atoms with van der Waals surface area (Å²) in [6, 6.07) is 3.10. The van der Waals surface area contributed by atoms with Crippen LogP contribution in [0.4, 0.5) is 4.39 Å². The fourth-order valence-corrected chi connectivity index (χ4v) is 4.12. The van der Waals surface area contributed by atoms with Gasteiger partial charge in [0.05, 0.1) is 12.1 Å². The average Bonchev–Trinajstić information content (AvgIpc) is 3.28. The molecule has 2 amide bonds. The fraction of sp³-hybridized carbons (Fsp3) is 0.545. The Morgan fingerprint density at radius 3 is 2.77 bits per heavy atom. The molecule has 1 saturated heterocycles. The second-order valence-corrected chi connectivity index (χ2v) is 8.31. The van der Waals surface area contributed by atoms with Crippen LogP contribution in [0.15, 0.2) is 24.4 Å². The number of H-pyrrole nitrogens is 1. The molecule has 0 bridgehead atoms. The number of nitrogens with one attached hydrogen (secondary N) is 3. The van der Waals surface area contributed by atoms with Gasteiger partial charge in [0.15, 0.2) is 0 Å². The van der Waals surface area contributed by atoms with Crippen molar-refractivity contribution < 1.29 is 19.1 Å². The summed E-state index contributed by atoms with van der Waals surface area (Å²) in [4.78, 5) is 30.5. The lowest BCUT2D eigenvalue weighted by Crippen LogP contribution is -2.57. The molecule has 164 valence electrons. The number of aliphatic hydroxyl groups is 1. The first kappa shape index (κ1) is 22.2. The maximum atomic E-state index is 13.5. The zero-order chi connectivity index (χ0) is 22.0. The smallest absolute Gasteiger partial charge is 0.248 e. The van der Waals surface area contributed by atoms with E-state index in [4.69, 9.17) is 0 Å². The molecular formula is C22H31FN4O3. The molecule has 0 radical (unpaired) electrons. The van der Waals surface area contributed by atoms with Crippen molar-refractivity contribution in [3.8, 4) is 0 Å². The molecule has 0 spiro atoms. The van der Waals surface area contributed by atoms with Crippen LogP contribution >= 0.6 is 0 Å². The summed E-state index contributed by atoms with van der Waals surface area (Å²) in [5.74, 6) is -0.643. The van der Waals surface area contributed by atoms with E-state index in [0.717, 1.165) is 22.9 Å². The van der Waals surface area contributed by atoms with Crippen LogP contribution in [0.1, 0.15) is 32.8 Å². The van der Waals surface area contributed by atoms with Crippen molar-refractivity contribution >= 4 is 22.7 Å². The van der Waals surface area contributed by atoms with Gasteiger partial charge in [0.2, 0.25) is 11.8 Å². The number of carbonyl (C=O) groups excluding carboxylic acids is 2. The number of likely N-dealkylation sites (tertiary alicyclic amines) is 1. The molecule has 7 nitrogen and oxygen atoms in total. The molecule has 2 aromatic rings. The van der Waals surface area contributed by atoms with Crippen molar-refractivity contribution in [1.82, 2.24) is 20.5 Å². The molecular weight excluding hydrogens is 387 g/mol. The molecule has 5 atom stereocenters. The van der Waals surface area contributed by atoms with Gasteiger partial charge in [0.1, 0.15) is 11.9 Å². The van der Waals surface area contributed by atoms with Crippen LogP contribution in [0.5, 0.6) is 0 Å². The van der Waals surface area contributed by atoms with Gasteiger partial charge in [0, 0.05) is 29.7 Å². The van der Waals surface area contributed by atoms with Crippen LogP contribution in [-0.4, -0.2) is 64.6 Å². The Morgan fingerprint density at radius 1 is 1.37 bits per heavy atom. The summed E-state index contributed by atoms with van der Waals surface area (Å²) in [6.07, 6.45) is 2.31. The Labute approximate surface area is 176 Å². The SMILES string of the molecule is CN[C@@H](C)C(=O)N[C@H](C(=O)N1CCC(C)[C@@H]1Cc1c[nH]c2cc(F)ccc12)C(C)O. The highest BCUT2D eigenvalue weighted by Gasteiger charge is 2.39. The van der Waals surface area contributed by atoms with Crippen LogP contribution < -0.4 is 10.6 Å². The van der Waals surface area contributed by atoms with Crippen molar-refractivity contribution in [2.24, 2.45) is 5.92 Å². The molecule has 1 aromatic carbocycles. The van der Waals surface area contributed by atoms with E-state index in [2.05, 4.69) is 22.5 Å². The van der Waals surface area contributed by atoms with Crippen LogP contribution in [0.25, 0.3) is 10.9 Å². The monoisotopic (exact) mass is 418 g/mol. The Kier molecular flexibility index (Phi) is 6.77. The first-order chi connectivity index (χ1) is 14.2. The van der Waals surface area contributed by atoms with Crippen LogP contribution in [-0.2, 0) is 16.0 Å². The molecule has 3 rings (SSSR count). The van der Waals surface area contributed by atoms with Gasteiger partial charge in [-0.25, -0.2) is 4.39 Å². The summed E-state index contributed by atoms with van der Waals surface area (Å²) >= 11 is 0. The van der Waals surface area contributed by atoms with Crippen molar-refractivity contribution in [3.63, 3.8) is 0 Å². The van der Waals surface area contributed by atoms with Gasteiger partial charge in [-0.1, -0.05) is 6.92 Å². The first-order valence-corrected chi connectivity index (χ1v) is 10.4. The molecule has 0 saturated carbocycles. The fourth-order valence-electron chi connectivity index (χ4n) is 4.12. The highest BCUT2D eigenvalue weighted by Crippen LogP contribution is 2.30. The number of nitrogens with zero attached hydrogens (tertiary/aromatic N) is 1. The number of benzene rings is 1. The number of aromatic amines is 1. The number of amides is 2. The van der Waals surface area contributed by atoms with E-state index in [1.165, 1.54) is 19.1 Å². The second-order valence-electron chi connectivity index (χ2n) is 8.31. The van der Waals surface area contributed by atoms with Crippen LogP contribution in [0.3, 0.4) is 0 Å². The molecule has 1 aliphatic rings. The minimum Gasteiger partial charge on any atom is -0.391 e. The predicted octanol–water partition coefficient (Wildman–Crippen LogP) is 1.56. The zero-order valence-electron chi connectivity index (χ0n) is 17.9. The quantitative estimate of drug-likeness (QED) is 0.549. The molecule has 2 heterocycles. The Morgan fingerprint density at radius 2 is 2.10 bits per heavy atom. The number of hydrogen-bond acceptors (Lipinski definition) is 4. The lowest BCUT2D eigenvalue weighted by atomic mass is 9.95. The number of hydrogen-bond donors (Lipinski definition) is 4. The van der Waals surface area contributed by atoms with E-state index in [-0.39, 0.29) is 29.6 Å². The molecule has 2 unspecified atom stereocenters. The van der Waals surface area contributed by atoms with Crippen molar-refractivity contribution in [2.75, 3.05) is 13.6 Å². The van der Waals surface area contributed by atoms with Crippen molar-refractivity contribution in [2.45, 2.75) is 57.8 Å². The molecule has 8 heteroatoms. The van der Waals surface area contributed by atoms with Gasteiger partial charge in [-0.05, 0) is 63.4 Å². The van der Waals surface area contributed by atoms with E-state index < -0.39 is 18.2 Å². The molecule has 1 aliphatic heterocycles. The van der Waals surface area contributed by atoms with E-state index in [1.807, 2.05) is 6.20 Å². The van der Waals surface area contributed by atoms with Gasteiger partial charge in [0.25, 0.3) is 0 Å². The Balaban J connectivity index is 1.80. The summed E-state index contributed by atoms with van der Waals surface area (Å²) in [7, 11) is 1.66. The minimum atomic E-state index is -1.02. The van der Waals surface area contributed by atoms with Gasteiger partial charge in [-0.2, -0.15) is 0 Å². The lowest BCUT2D eigenvalue weighted by molar-refractivity contribution is -0.140. The number of halogens is 1.